The lowest BCUT2D eigenvalue weighted by Crippen LogP contribution is -2.41. The van der Waals surface area contributed by atoms with Crippen LogP contribution < -0.4 is 5.32 Å². The normalized spacial score (nSPS) is 30.2. The van der Waals surface area contributed by atoms with Crippen molar-refractivity contribution in [2.75, 3.05) is 0 Å². The van der Waals surface area contributed by atoms with Gasteiger partial charge in [0.25, 0.3) is 0 Å². The lowest BCUT2D eigenvalue weighted by Gasteiger charge is -2.35. The number of rotatable bonds is 2. The second-order valence-corrected chi connectivity index (χ2v) is 7.91. The second-order valence-electron chi connectivity index (χ2n) is 6.14. The molecule has 1 N–H and O–H groups in total. The van der Waals surface area contributed by atoms with Crippen LogP contribution in [0.2, 0.25) is 4.34 Å². The fraction of sp³-hybridized carbons (Fsp3) is 0.733. The highest BCUT2D eigenvalue weighted by molar-refractivity contribution is 7.16. The van der Waals surface area contributed by atoms with Crippen molar-refractivity contribution in [2.45, 2.75) is 63.2 Å². The monoisotopic (exact) mass is 337 g/mol. The summed E-state index contributed by atoms with van der Waals surface area (Å²) < 4.78 is 39.5. The van der Waals surface area contributed by atoms with Gasteiger partial charge in [-0.1, -0.05) is 18.0 Å². The highest BCUT2D eigenvalue weighted by atomic mass is 35.5. The Morgan fingerprint density at radius 2 is 2.00 bits per heavy atom. The lowest BCUT2D eigenvalue weighted by atomic mass is 9.84. The molecule has 3 unspecified atom stereocenters. The van der Waals surface area contributed by atoms with E-state index in [1.807, 2.05) is 6.07 Å². The predicted molar refractivity (Wildman–Crippen MR) is 79.9 cm³/mol. The lowest BCUT2D eigenvalue weighted by molar-refractivity contribution is -0.183. The van der Waals surface area contributed by atoms with E-state index < -0.39 is 12.1 Å². The number of fused-ring (bicyclic) bond motifs is 1. The molecule has 0 aliphatic heterocycles. The molecule has 6 heteroatoms. The van der Waals surface area contributed by atoms with Crippen LogP contribution in [0.15, 0.2) is 6.07 Å². The Morgan fingerprint density at radius 3 is 2.76 bits per heavy atom. The SMILES string of the molecule is FC(F)(F)C1CCCC(NC2CCCc3sc(Cl)cc32)C1. The molecule has 2 aliphatic carbocycles. The van der Waals surface area contributed by atoms with Gasteiger partial charge in [-0.15, -0.1) is 11.3 Å². The minimum absolute atomic E-state index is 0.0278. The maximum Gasteiger partial charge on any atom is 0.391 e. The highest BCUT2D eigenvalue weighted by Crippen LogP contribution is 2.41. The molecule has 1 nitrogen and oxygen atoms in total. The highest BCUT2D eigenvalue weighted by Gasteiger charge is 2.42. The Morgan fingerprint density at radius 1 is 1.19 bits per heavy atom. The van der Waals surface area contributed by atoms with Crippen LogP contribution in [-0.4, -0.2) is 12.2 Å². The fourth-order valence-corrected chi connectivity index (χ4v) is 5.00. The first-order valence-electron chi connectivity index (χ1n) is 7.54. The zero-order valence-electron chi connectivity index (χ0n) is 11.7. The third-order valence-corrected chi connectivity index (χ3v) is 6.00. The average Bonchev–Trinajstić information content (AvgIpc) is 2.80. The van der Waals surface area contributed by atoms with E-state index in [1.54, 1.807) is 11.3 Å². The molecule has 1 aromatic heterocycles. The number of hydrogen-bond donors (Lipinski definition) is 1. The number of alkyl halides is 3. The maximum absolute atomic E-state index is 12.9. The first kappa shape index (κ1) is 15.6. The molecule has 118 valence electrons. The van der Waals surface area contributed by atoms with E-state index in [1.165, 1.54) is 10.4 Å². The number of nitrogens with one attached hydrogen (secondary N) is 1. The van der Waals surface area contributed by atoms with Gasteiger partial charge < -0.3 is 5.32 Å². The molecule has 3 rings (SSSR count). The minimum Gasteiger partial charge on any atom is -0.307 e. The third kappa shape index (κ3) is 3.57. The Hall–Kier alpha value is -0.260. The van der Waals surface area contributed by atoms with Gasteiger partial charge in [0, 0.05) is 17.0 Å². The molecule has 0 saturated heterocycles. The predicted octanol–water partition coefficient (Wildman–Crippen LogP) is 5.49. The van der Waals surface area contributed by atoms with Crippen molar-refractivity contribution in [3.05, 3.63) is 20.8 Å². The molecule has 1 aromatic rings. The molecule has 0 bridgehead atoms. The quantitative estimate of drug-likeness (QED) is 0.752. The van der Waals surface area contributed by atoms with E-state index >= 15 is 0 Å². The maximum atomic E-state index is 12.9. The van der Waals surface area contributed by atoms with Crippen molar-refractivity contribution in [1.82, 2.24) is 5.32 Å². The fourth-order valence-electron chi connectivity index (χ4n) is 3.62. The Balaban J connectivity index is 1.67. The second kappa shape index (κ2) is 6.09. The van der Waals surface area contributed by atoms with E-state index in [0.717, 1.165) is 30.0 Å². The van der Waals surface area contributed by atoms with Gasteiger partial charge in [-0.25, -0.2) is 0 Å². The zero-order valence-corrected chi connectivity index (χ0v) is 13.3. The summed E-state index contributed by atoms with van der Waals surface area (Å²) in [6.07, 6.45) is 1.06. The van der Waals surface area contributed by atoms with Crippen LogP contribution in [0.3, 0.4) is 0 Å². The zero-order chi connectivity index (χ0) is 15.0. The molecule has 0 spiro atoms. The Kier molecular flexibility index (Phi) is 4.53. The van der Waals surface area contributed by atoms with Gasteiger partial charge in [-0.05, 0) is 50.2 Å². The molecule has 1 saturated carbocycles. The number of hydrogen-bond acceptors (Lipinski definition) is 2. The van der Waals surface area contributed by atoms with Gasteiger partial charge in [-0.3, -0.25) is 0 Å². The van der Waals surface area contributed by atoms with Crippen LogP contribution in [-0.2, 0) is 6.42 Å². The molecular weight excluding hydrogens is 319 g/mol. The van der Waals surface area contributed by atoms with Crippen molar-refractivity contribution in [3.63, 3.8) is 0 Å². The average molecular weight is 338 g/mol. The van der Waals surface area contributed by atoms with Crippen LogP contribution in [0.5, 0.6) is 0 Å². The summed E-state index contributed by atoms with van der Waals surface area (Å²) in [5.74, 6) is -1.14. The van der Waals surface area contributed by atoms with Crippen LogP contribution >= 0.6 is 22.9 Å². The summed E-state index contributed by atoms with van der Waals surface area (Å²) >= 11 is 7.69. The van der Waals surface area contributed by atoms with Gasteiger partial charge in [0.05, 0.1) is 10.3 Å². The molecule has 2 aliphatic rings. The van der Waals surface area contributed by atoms with Gasteiger partial charge >= 0.3 is 6.18 Å². The van der Waals surface area contributed by atoms with Crippen LogP contribution in [0.1, 0.15) is 55.0 Å². The van der Waals surface area contributed by atoms with Crippen molar-refractivity contribution in [2.24, 2.45) is 5.92 Å². The van der Waals surface area contributed by atoms with Gasteiger partial charge in [0.15, 0.2) is 0 Å². The molecule has 0 radical (unpaired) electrons. The standard InChI is InChI=1S/C15H19ClF3NS/c16-14-8-11-12(5-2-6-13(11)21-14)20-10-4-1-3-9(7-10)15(17,18)19/h8-10,12,20H,1-7H2. The van der Waals surface area contributed by atoms with E-state index in [9.17, 15) is 13.2 Å². The summed E-state index contributed by atoms with van der Waals surface area (Å²) in [6.45, 7) is 0. The Bertz CT molecular complexity index is 500. The van der Waals surface area contributed by atoms with Crippen LogP contribution in [0.4, 0.5) is 13.2 Å². The topological polar surface area (TPSA) is 12.0 Å². The molecule has 1 fully saturated rings. The van der Waals surface area contributed by atoms with Crippen LogP contribution in [0.25, 0.3) is 0 Å². The van der Waals surface area contributed by atoms with Crippen molar-refractivity contribution in [3.8, 4) is 0 Å². The first-order chi connectivity index (χ1) is 9.93. The van der Waals surface area contributed by atoms with Gasteiger partial charge in [-0.2, -0.15) is 13.2 Å². The van der Waals surface area contributed by atoms with Crippen molar-refractivity contribution in [1.29, 1.82) is 0 Å². The summed E-state index contributed by atoms with van der Waals surface area (Å²) in [7, 11) is 0. The van der Waals surface area contributed by atoms with E-state index in [4.69, 9.17) is 11.6 Å². The third-order valence-electron chi connectivity index (χ3n) is 4.66. The van der Waals surface area contributed by atoms with E-state index in [0.29, 0.717) is 6.42 Å². The number of halogens is 4. The molecular formula is C15H19ClF3NS. The minimum atomic E-state index is -4.05. The van der Waals surface area contributed by atoms with Crippen molar-refractivity contribution >= 4 is 22.9 Å². The van der Waals surface area contributed by atoms with E-state index in [-0.39, 0.29) is 24.9 Å². The summed E-state index contributed by atoms with van der Waals surface area (Å²) in [6, 6.07) is 2.14. The molecule has 1 heterocycles. The molecule has 21 heavy (non-hydrogen) atoms. The van der Waals surface area contributed by atoms with Crippen molar-refractivity contribution < 1.29 is 13.2 Å². The molecule has 0 aromatic carbocycles. The smallest absolute Gasteiger partial charge is 0.307 e. The van der Waals surface area contributed by atoms with Gasteiger partial charge in [0.2, 0.25) is 0 Å². The van der Waals surface area contributed by atoms with Crippen LogP contribution in [0, 0.1) is 5.92 Å². The van der Waals surface area contributed by atoms with Gasteiger partial charge in [0.1, 0.15) is 0 Å². The number of thiophene rings is 1. The molecule has 3 atom stereocenters. The molecule has 0 amide bonds. The largest absolute Gasteiger partial charge is 0.391 e. The summed E-state index contributed by atoms with van der Waals surface area (Å²) in [5, 5.41) is 3.48. The van der Waals surface area contributed by atoms with E-state index in [2.05, 4.69) is 5.32 Å². The summed E-state index contributed by atoms with van der Waals surface area (Å²) in [4.78, 5) is 1.30. The first-order valence-corrected chi connectivity index (χ1v) is 8.74. The summed E-state index contributed by atoms with van der Waals surface area (Å²) in [5.41, 5.74) is 1.21. The number of aryl methyl sites for hydroxylation is 1. The Labute approximate surface area is 131 Å².